The molecule has 4 aliphatic heterocycles. The number of halogens is 2. The zero-order valence-electron chi connectivity index (χ0n) is 20.7. The van der Waals surface area contributed by atoms with E-state index in [9.17, 15) is 14.0 Å². The summed E-state index contributed by atoms with van der Waals surface area (Å²) in [6.07, 6.45) is 1.34. The molecular weight excluding hydrogens is 472 g/mol. The largest absolute Gasteiger partial charge is 0.381 e. The van der Waals surface area contributed by atoms with E-state index < -0.39 is 30.0 Å². The number of nitrogens with one attached hydrogen (secondary N) is 3. The van der Waals surface area contributed by atoms with Gasteiger partial charge in [0.05, 0.1) is 24.8 Å². The highest BCUT2D eigenvalue weighted by Gasteiger charge is 2.42. The summed E-state index contributed by atoms with van der Waals surface area (Å²) in [6.45, 7) is 3.26. The fraction of sp³-hybridized carbons (Fsp3) is 0.696. The van der Waals surface area contributed by atoms with Gasteiger partial charge in [0, 0.05) is 38.1 Å². The second-order valence-corrected chi connectivity index (χ2v) is 10.4. The summed E-state index contributed by atoms with van der Waals surface area (Å²) in [5, 5.41) is 12.8. The van der Waals surface area contributed by atoms with Gasteiger partial charge >= 0.3 is 0 Å². The van der Waals surface area contributed by atoms with Crippen molar-refractivity contribution in [2.45, 2.75) is 37.1 Å². The Balaban J connectivity index is 1.22. The number of alkyl halides is 1. The Morgan fingerprint density at radius 3 is 2.64 bits per heavy atom. The van der Waals surface area contributed by atoms with Gasteiger partial charge in [0.1, 0.15) is 23.4 Å². The molecule has 0 radical (unpaired) electrons. The summed E-state index contributed by atoms with van der Waals surface area (Å²) in [6, 6.07) is -0.608. The van der Waals surface area contributed by atoms with Gasteiger partial charge in [-0.25, -0.2) is 13.5 Å². The number of nitrogen functional groups attached to an aromatic ring is 1. The predicted molar refractivity (Wildman–Crippen MR) is 132 cm³/mol. The minimum absolute atomic E-state index is 0.0279. The second kappa shape index (κ2) is 9.94. The van der Waals surface area contributed by atoms with Gasteiger partial charge < -0.3 is 31.5 Å². The van der Waals surface area contributed by atoms with Gasteiger partial charge in [0.25, 0.3) is 5.91 Å². The van der Waals surface area contributed by atoms with Crippen LogP contribution < -0.4 is 21.7 Å². The number of piperidine rings is 2. The second-order valence-electron chi connectivity index (χ2n) is 10.4. The molecule has 11 nitrogen and oxygen atoms in total. The number of hydrogen-bond donors (Lipinski definition) is 4. The number of nitrogens with two attached hydrogens (primary N) is 1. The molecule has 0 spiro atoms. The maximum atomic E-state index is 15.2. The summed E-state index contributed by atoms with van der Waals surface area (Å²) in [5.41, 5.74) is 6.08. The predicted octanol–water partition coefficient (Wildman–Crippen LogP) is -0.449. The van der Waals surface area contributed by atoms with E-state index in [-0.39, 0.29) is 36.3 Å². The Morgan fingerprint density at radius 1 is 1.22 bits per heavy atom. The van der Waals surface area contributed by atoms with Crippen molar-refractivity contribution in [1.29, 1.82) is 0 Å². The average molecular weight is 508 g/mol. The standard InChI is InChI=1S/C23H35F2N9O2/c1-31(2)15-11-33(12-15)23(36)13-3-5-32(6-4-13)19-16(25)8-27-9-17(19)29-22(35)18-20(26)30-34-10-14(24)7-28-21(18)34/h10,13,15-17,19,27-28H,3-9,11-12H2,1-2H3,(H2,26,30)(H,29,35). The van der Waals surface area contributed by atoms with Crippen molar-refractivity contribution in [3.8, 4) is 0 Å². The van der Waals surface area contributed by atoms with E-state index in [2.05, 4.69) is 30.8 Å². The molecule has 3 saturated heterocycles. The lowest BCUT2D eigenvalue weighted by molar-refractivity contribution is -0.144. The molecule has 2 amide bonds. The van der Waals surface area contributed by atoms with Crippen LogP contribution in [-0.4, -0.2) is 121 Å². The highest BCUT2D eigenvalue weighted by Crippen LogP contribution is 2.29. The van der Waals surface area contributed by atoms with Gasteiger partial charge in [-0.15, -0.1) is 5.10 Å². The minimum Gasteiger partial charge on any atom is -0.381 e. The van der Waals surface area contributed by atoms with Crippen molar-refractivity contribution in [2.24, 2.45) is 5.92 Å². The van der Waals surface area contributed by atoms with Crippen LogP contribution in [0.5, 0.6) is 0 Å². The fourth-order valence-corrected chi connectivity index (χ4v) is 5.68. The van der Waals surface area contributed by atoms with E-state index in [0.29, 0.717) is 44.3 Å². The van der Waals surface area contributed by atoms with Crippen molar-refractivity contribution in [3.05, 3.63) is 11.4 Å². The van der Waals surface area contributed by atoms with E-state index >= 15 is 4.39 Å². The molecule has 5 heterocycles. The molecule has 5 rings (SSSR count). The molecule has 0 aliphatic carbocycles. The number of likely N-dealkylation sites (tertiary alicyclic amines) is 2. The molecule has 0 aromatic carbocycles. The van der Waals surface area contributed by atoms with E-state index in [4.69, 9.17) is 5.73 Å². The first-order chi connectivity index (χ1) is 17.2. The Bertz CT molecular complexity index is 1030. The lowest BCUT2D eigenvalue weighted by atomic mass is 9.89. The lowest BCUT2D eigenvalue weighted by Crippen LogP contribution is -2.66. The van der Waals surface area contributed by atoms with Crippen LogP contribution in [0.4, 0.5) is 20.4 Å². The first-order valence-electron chi connectivity index (χ1n) is 12.6. The van der Waals surface area contributed by atoms with Crippen LogP contribution in [0.1, 0.15) is 23.2 Å². The maximum absolute atomic E-state index is 15.2. The molecule has 13 heteroatoms. The molecule has 3 unspecified atom stereocenters. The number of carbonyl (C=O) groups excluding carboxylic acids is 2. The summed E-state index contributed by atoms with van der Waals surface area (Å²) >= 11 is 0. The number of hydrogen-bond acceptors (Lipinski definition) is 8. The summed E-state index contributed by atoms with van der Waals surface area (Å²) in [7, 11) is 4.05. The summed E-state index contributed by atoms with van der Waals surface area (Å²) in [4.78, 5) is 32.2. The van der Waals surface area contributed by atoms with Crippen LogP contribution in [0.3, 0.4) is 0 Å². The van der Waals surface area contributed by atoms with Gasteiger partial charge in [0.2, 0.25) is 5.91 Å². The van der Waals surface area contributed by atoms with Crippen molar-refractivity contribution < 1.29 is 18.4 Å². The maximum Gasteiger partial charge on any atom is 0.259 e. The number of rotatable bonds is 5. The molecule has 1 aromatic rings. The smallest absolute Gasteiger partial charge is 0.259 e. The third-order valence-electron chi connectivity index (χ3n) is 7.86. The van der Waals surface area contributed by atoms with Crippen molar-refractivity contribution >= 4 is 29.7 Å². The zero-order chi connectivity index (χ0) is 25.6. The summed E-state index contributed by atoms with van der Waals surface area (Å²) < 4.78 is 30.0. The van der Waals surface area contributed by atoms with Crippen molar-refractivity contribution in [3.63, 3.8) is 0 Å². The third kappa shape index (κ3) is 4.66. The first kappa shape index (κ1) is 24.9. The number of fused-ring (bicyclic) bond motifs is 1. The number of likely N-dealkylation sites (N-methyl/N-ethyl adjacent to an activating group) is 1. The molecule has 4 aliphatic rings. The van der Waals surface area contributed by atoms with E-state index in [1.807, 2.05) is 19.0 Å². The highest BCUT2D eigenvalue weighted by molar-refractivity contribution is 6.04. The topological polar surface area (TPSA) is 124 Å². The monoisotopic (exact) mass is 507 g/mol. The van der Waals surface area contributed by atoms with Crippen LogP contribution in [0, 0.1) is 5.92 Å². The van der Waals surface area contributed by atoms with Gasteiger partial charge in [-0.3, -0.25) is 14.5 Å². The number of nitrogens with zero attached hydrogens (tertiary/aromatic N) is 5. The fourth-order valence-electron chi connectivity index (χ4n) is 5.68. The minimum atomic E-state index is -1.18. The van der Waals surface area contributed by atoms with E-state index in [0.717, 1.165) is 13.1 Å². The molecule has 5 N–H and O–H groups in total. The molecule has 36 heavy (non-hydrogen) atoms. The summed E-state index contributed by atoms with van der Waals surface area (Å²) in [5.74, 6) is -0.483. The molecule has 198 valence electrons. The molecule has 3 fully saturated rings. The number of carbonyl (C=O) groups is 2. The Kier molecular flexibility index (Phi) is 6.88. The van der Waals surface area contributed by atoms with Gasteiger partial charge in [-0.05, 0) is 40.0 Å². The number of amides is 2. The quantitative estimate of drug-likeness (QED) is 0.423. The normalized spacial score (nSPS) is 27.8. The first-order valence-corrected chi connectivity index (χ1v) is 12.6. The molecular formula is C23H35F2N9O2. The SMILES string of the molecule is CN(C)C1CN(C(=O)C2CCN(C3C(F)CNCC3NC(=O)c3c(N)nn4c3NCC(F)=C4)CC2)C1. The highest BCUT2D eigenvalue weighted by atomic mass is 19.1. The molecule has 1 aromatic heterocycles. The van der Waals surface area contributed by atoms with Crippen LogP contribution in [-0.2, 0) is 4.79 Å². The molecule has 3 atom stereocenters. The lowest BCUT2D eigenvalue weighted by Gasteiger charge is -2.47. The Morgan fingerprint density at radius 2 is 1.94 bits per heavy atom. The van der Waals surface area contributed by atoms with Gasteiger partial charge in [0.15, 0.2) is 5.82 Å². The average Bonchev–Trinajstić information content (AvgIpc) is 3.12. The molecule has 0 saturated carbocycles. The van der Waals surface area contributed by atoms with Crippen LogP contribution in [0.25, 0.3) is 6.20 Å². The third-order valence-corrected chi connectivity index (χ3v) is 7.86. The Labute approximate surface area is 209 Å². The van der Waals surface area contributed by atoms with Crippen LogP contribution >= 0.6 is 0 Å². The van der Waals surface area contributed by atoms with Gasteiger partial charge in [-0.1, -0.05) is 0 Å². The van der Waals surface area contributed by atoms with E-state index in [1.165, 1.54) is 10.9 Å². The Hall–Kier alpha value is -2.77. The van der Waals surface area contributed by atoms with Crippen molar-refractivity contribution in [1.82, 2.24) is 35.1 Å². The van der Waals surface area contributed by atoms with Crippen molar-refractivity contribution in [2.75, 3.05) is 71.0 Å². The van der Waals surface area contributed by atoms with Crippen LogP contribution in [0.15, 0.2) is 5.83 Å². The van der Waals surface area contributed by atoms with Gasteiger partial charge in [-0.2, -0.15) is 0 Å². The zero-order valence-corrected chi connectivity index (χ0v) is 20.7. The molecule has 0 bridgehead atoms. The van der Waals surface area contributed by atoms with E-state index in [1.54, 1.807) is 0 Å². The number of anilines is 2. The number of aromatic nitrogens is 2. The van der Waals surface area contributed by atoms with Crippen LogP contribution in [0.2, 0.25) is 0 Å².